The molecule has 0 amide bonds. The van der Waals surface area contributed by atoms with Gasteiger partial charge in [-0.3, -0.25) is 0 Å². The van der Waals surface area contributed by atoms with Gasteiger partial charge in [-0.05, 0) is 26.0 Å². The van der Waals surface area contributed by atoms with Crippen LogP contribution in [0.1, 0.15) is 16.8 Å². The number of aryl methyl sites for hydroxylation is 1. The summed E-state index contributed by atoms with van der Waals surface area (Å²) in [7, 11) is 0. The summed E-state index contributed by atoms with van der Waals surface area (Å²) in [6.07, 6.45) is 1.46. The first-order chi connectivity index (χ1) is 9.70. The van der Waals surface area contributed by atoms with Crippen LogP contribution < -0.4 is 5.32 Å². The van der Waals surface area contributed by atoms with Crippen molar-refractivity contribution in [3.05, 3.63) is 47.4 Å². The minimum absolute atomic E-state index is 0.532. The number of aromatic nitrogens is 4. The van der Waals surface area contributed by atoms with E-state index in [4.69, 9.17) is 5.26 Å². The average Bonchev–Trinajstić information content (AvgIpc) is 2.92. The lowest BCUT2D eigenvalue weighted by Crippen LogP contribution is -2.07. The molecule has 0 spiro atoms. The molecule has 3 aromatic rings. The van der Waals surface area contributed by atoms with Crippen molar-refractivity contribution < 1.29 is 0 Å². The fourth-order valence-corrected chi connectivity index (χ4v) is 2.00. The number of hydrogen-bond donors (Lipinski definition) is 1. The van der Waals surface area contributed by atoms with Crippen molar-refractivity contribution in [1.29, 1.82) is 5.26 Å². The van der Waals surface area contributed by atoms with Crippen molar-refractivity contribution in [2.24, 2.45) is 0 Å². The molecule has 0 fully saturated rings. The van der Waals surface area contributed by atoms with E-state index < -0.39 is 0 Å². The largest absolute Gasteiger partial charge is 0.339 e. The highest BCUT2D eigenvalue weighted by molar-refractivity contribution is 5.67. The molecule has 2 heterocycles. The molecular weight excluding hydrogens is 252 g/mol. The molecule has 6 nitrogen and oxygen atoms in total. The number of fused-ring (bicyclic) bond motifs is 1. The molecule has 1 aromatic carbocycles. The van der Waals surface area contributed by atoms with E-state index in [0.29, 0.717) is 11.3 Å². The summed E-state index contributed by atoms with van der Waals surface area (Å²) in [6, 6.07) is 9.51. The van der Waals surface area contributed by atoms with Crippen LogP contribution in [0.5, 0.6) is 0 Å². The Morgan fingerprint density at radius 1 is 1.25 bits per heavy atom. The average molecular weight is 264 g/mol. The fourth-order valence-electron chi connectivity index (χ4n) is 2.00. The Morgan fingerprint density at radius 3 is 2.85 bits per heavy atom. The summed E-state index contributed by atoms with van der Waals surface area (Å²) in [6.45, 7) is 3.88. The van der Waals surface area contributed by atoms with Gasteiger partial charge < -0.3 is 5.32 Å². The van der Waals surface area contributed by atoms with E-state index >= 15 is 0 Å². The van der Waals surface area contributed by atoms with E-state index in [0.717, 1.165) is 22.8 Å². The zero-order valence-corrected chi connectivity index (χ0v) is 11.1. The van der Waals surface area contributed by atoms with E-state index in [1.807, 2.05) is 32.0 Å². The van der Waals surface area contributed by atoms with Crippen LogP contribution in [0.15, 0.2) is 30.6 Å². The van der Waals surface area contributed by atoms with E-state index in [-0.39, 0.29) is 0 Å². The van der Waals surface area contributed by atoms with Crippen LogP contribution >= 0.6 is 0 Å². The maximum Gasteiger partial charge on any atom is 0.254 e. The van der Waals surface area contributed by atoms with Gasteiger partial charge in [0.15, 0.2) is 0 Å². The summed E-state index contributed by atoms with van der Waals surface area (Å²) in [4.78, 5) is 8.47. The van der Waals surface area contributed by atoms with Gasteiger partial charge >= 0.3 is 0 Å². The fraction of sp³-hybridized carbons (Fsp3) is 0.143. The Morgan fingerprint density at radius 2 is 2.05 bits per heavy atom. The topological polar surface area (TPSA) is 78.9 Å². The zero-order chi connectivity index (χ0) is 14.1. The Hall–Kier alpha value is -2.94. The van der Waals surface area contributed by atoms with Gasteiger partial charge in [-0.2, -0.15) is 19.9 Å². The first-order valence-corrected chi connectivity index (χ1v) is 6.14. The van der Waals surface area contributed by atoms with Gasteiger partial charge in [0, 0.05) is 11.3 Å². The Labute approximate surface area is 115 Å². The monoisotopic (exact) mass is 264 g/mol. The number of benzene rings is 1. The van der Waals surface area contributed by atoms with Gasteiger partial charge in [-0.15, -0.1) is 0 Å². The normalized spacial score (nSPS) is 10.4. The van der Waals surface area contributed by atoms with E-state index in [1.165, 1.54) is 6.33 Å². The Kier molecular flexibility index (Phi) is 2.80. The number of anilines is 2. The van der Waals surface area contributed by atoms with Crippen LogP contribution in [0.2, 0.25) is 0 Å². The SMILES string of the molecule is Cc1nc2ncnn2c(Nc2ccccc2C#N)c1C. The lowest BCUT2D eigenvalue weighted by Gasteiger charge is -2.13. The predicted octanol–water partition coefficient (Wildman–Crippen LogP) is 2.36. The van der Waals surface area contributed by atoms with Crippen molar-refractivity contribution >= 4 is 17.3 Å². The highest BCUT2D eigenvalue weighted by Crippen LogP contribution is 2.24. The molecule has 1 N–H and O–H groups in total. The van der Waals surface area contributed by atoms with Crippen molar-refractivity contribution in [3.8, 4) is 6.07 Å². The third-order valence-electron chi connectivity index (χ3n) is 3.21. The highest BCUT2D eigenvalue weighted by atomic mass is 15.4. The smallest absolute Gasteiger partial charge is 0.254 e. The number of nitrogens with zero attached hydrogens (tertiary/aromatic N) is 5. The summed E-state index contributed by atoms with van der Waals surface area (Å²) in [5.41, 5.74) is 3.16. The molecule has 0 saturated carbocycles. The number of hydrogen-bond acceptors (Lipinski definition) is 5. The molecular formula is C14H12N6. The van der Waals surface area contributed by atoms with Gasteiger partial charge in [0.2, 0.25) is 0 Å². The second-order valence-electron chi connectivity index (χ2n) is 4.43. The van der Waals surface area contributed by atoms with E-state index in [1.54, 1.807) is 10.6 Å². The summed E-state index contributed by atoms with van der Waals surface area (Å²) in [5, 5.41) is 16.6. The summed E-state index contributed by atoms with van der Waals surface area (Å²) in [5.74, 6) is 1.30. The molecule has 0 radical (unpaired) electrons. The third-order valence-corrected chi connectivity index (χ3v) is 3.21. The van der Waals surface area contributed by atoms with Gasteiger partial charge in [0.25, 0.3) is 5.78 Å². The van der Waals surface area contributed by atoms with Crippen LogP contribution in [0, 0.1) is 25.2 Å². The van der Waals surface area contributed by atoms with Crippen molar-refractivity contribution in [1.82, 2.24) is 19.6 Å². The first kappa shape index (κ1) is 12.1. The maximum absolute atomic E-state index is 9.16. The summed E-state index contributed by atoms with van der Waals surface area (Å²) >= 11 is 0. The number of nitriles is 1. The van der Waals surface area contributed by atoms with Crippen LogP contribution in [0.25, 0.3) is 5.78 Å². The molecule has 98 valence electrons. The maximum atomic E-state index is 9.16. The van der Waals surface area contributed by atoms with Crippen molar-refractivity contribution in [2.45, 2.75) is 13.8 Å². The number of para-hydroxylation sites is 1. The van der Waals surface area contributed by atoms with E-state index in [9.17, 15) is 0 Å². The molecule has 20 heavy (non-hydrogen) atoms. The second kappa shape index (κ2) is 4.63. The minimum atomic E-state index is 0.532. The van der Waals surface area contributed by atoms with Crippen molar-refractivity contribution in [2.75, 3.05) is 5.32 Å². The van der Waals surface area contributed by atoms with Gasteiger partial charge in [0.1, 0.15) is 18.2 Å². The van der Waals surface area contributed by atoms with Crippen LogP contribution in [0.3, 0.4) is 0 Å². The molecule has 3 rings (SSSR count). The van der Waals surface area contributed by atoms with E-state index in [2.05, 4.69) is 26.5 Å². The molecule has 0 aliphatic heterocycles. The Bertz CT molecular complexity index is 827. The molecule has 2 aromatic heterocycles. The third kappa shape index (κ3) is 1.86. The van der Waals surface area contributed by atoms with Gasteiger partial charge in [0.05, 0.1) is 11.3 Å². The first-order valence-electron chi connectivity index (χ1n) is 6.14. The molecule has 0 unspecified atom stereocenters. The molecule has 0 atom stereocenters. The zero-order valence-electron chi connectivity index (χ0n) is 11.1. The van der Waals surface area contributed by atoms with Crippen molar-refractivity contribution in [3.63, 3.8) is 0 Å². The molecule has 0 bridgehead atoms. The van der Waals surface area contributed by atoms with Crippen LogP contribution in [0.4, 0.5) is 11.5 Å². The summed E-state index contributed by atoms with van der Waals surface area (Å²) < 4.78 is 1.64. The number of rotatable bonds is 2. The Balaban J connectivity index is 2.18. The van der Waals surface area contributed by atoms with Gasteiger partial charge in [-0.25, -0.2) is 4.98 Å². The quantitative estimate of drug-likeness (QED) is 0.768. The molecule has 6 heteroatoms. The lowest BCUT2D eigenvalue weighted by molar-refractivity contribution is 0.923. The molecule has 0 saturated heterocycles. The standard InChI is InChI=1S/C14H12N6/c1-9-10(2)18-14-16-8-17-20(14)13(9)19-12-6-4-3-5-11(12)7-15/h3-6,8,19H,1-2H3. The molecule has 0 aliphatic carbocycles. The minimum Gasteiger partial charge on any atom is -0.339 e. The van der Waals surface area contributed by atoms with Crippen LogP contribution in [-0.4, -0.2) is 19.6 Å². The van der Waals surface area contributed by atoms with Crippen LogP contribution in [-0.2, 0) is 0 Å². The lowest BCUT2D eigenvalue weighted by atomic mass is 10.2. The van der Waals surface area contributed by atoms with Gasteiger partial charge in [-0.1, -0.05) is 12.1 Å². The molecule has 0 aliphatic rings. The number of nitrogens with one attached hydrogen (secondary N) is 1. The second-order valence-corrected chi connectivity index (χ2v) is 4.43. The predicted molar refractivity (Wildman–Crippen MR) is 74.7 cm³/mol. The highest BCUT2D eigenvalue weighted by Gasteiger charge is 2.12.